The normalized spacial score (nSPS) is 14.1. The molecule has 0 aliphatic carbocycles. The molecular weight excluding hydrogens is 452 g/mol. The van der Waals surface area contributed by atoms with Gasteiger partial charge < -0.3 is 37.0 Å². The molecule has 13 nitrogen and oxygen atoms in total. The number of amides is 3. The van der Waals surface area contributed by atoms with Gasteiger partial charge in [-0.25, -0.2) is 4.79 Å². The quantitative estimate of drug-likeness (QED) is 0.162. The highest BCUT2D eigenvalue weighted by Gasteiger charge is 2.29. The van der Waals surface area contributed by atoms with Gasteiger partial charge in [0.1, 0.15) is 18.1 Å². The van der Waals surface area contributed by atoms with Gasteiger partial charge in [0.2, 0.25) is 17.7 Å². The van der Waals surface area contributed by atoms with Crippen LogP contribution in [0.25, 0.3) is 0 Å². The molecule has 0 saturated heterocycles. The van der Waals surface area contributed by atoms with E-state index in [1.165, 1.54) is 6.92 Å². The van der Waals surface area contributed by atoms with Crippen LogP contribution >= 0.6 is 0 Å². The Morgan fingerprint density at radius 1 is 0.824 bits per heavy atom. The molecular formula is C21H28N4O9. The highest BCUT2D eigenvalue weighted by atomic mass is 16.4. The van der Waals surface area contributed by atoms with E-state index in [1.54, 1.807) is 30.3 Å². The molecule has 186 valence electrons. The van der Waals surface area contributed by atoms with Crippen LogP contribution in [0.1, 0.15) is 31.7 Å². The molecule has 34 heavy (non-hydrogen) atoms. The van der Waals surface area contributed by atoms with Gasteiger partial charge in [-0.1, -0.05) is 30.3 Å². The average Bonchev–Trinajstić information content (AvgIpc) is 2.76. The second-order valence-corrected chi connectivity index (χ2v) is 7.52. The number of aliphatic carboxylic acids is 3. The van der Waals surface area contributed by atoms with E-state index in [0.717, 1.165) is 0 Å². The molecule has 0 aromatic heterocycles. The lowest BCUT2D eigenvalue weighted by molar-refractivity contribution is -0.143. The van der Waals surface area contributed by atoms with Crippen molar-refractivity contribution in [2.45, 2.75) is 56.8 Å². The fourth-order valence-corrected chi connectivity index (χ4v) is 2.80. The summed E-state index contributed by atoms with van der Waals surface area (Å²) < 4.78 is 0. The zero-order valence-corrected chi connectivity index (χ0v) is 18.4. The zero-order chi connectivity index (χ0) is 25.8. The average molecular weight is 480 g/mol. The zero-order valence-electron chi connectivity index (χ0n) is 18.4. The summed E-state index contributed by atoms with van der Waals surface area (Å²) in [5, 5.41) is 33.8. The molecule has 0 radical (unpaired) electrons. The van der Waals surface area contributed by atoms with Crippen molar-refractivity contribution in [3.8, 4) is 0 Å². The fraction of sp³-hybridized carbons (Fsp3) is 0.429. The van der Waals surface area contributed by atoms with E-state index < -0.39 is 72.6 Å². The van der Waals surface area contributed by atoms with Crippen LogP contribution in [0, 0.1) is 0 Å². The second-order valence-electron chi connectivity index (χ2n) is 7.52. The standard InChI is InChI=1S/C21H28N4O9/c1-11(18(30)25-15(21(33)34)9-12-5-3-2-4-6-12)23-20(32)14(10-17(28)29)24-19(31)13(22)7-8-16(26)27/h2-6,11,13-15H,7-10,22H2,1H3,(H,23,32)(H,24,31)(H,25,30)(H,26,27)(H,28,29)(H,33,34). The van der Waals surface area contributed by atoms with E-state index in [9.17, 15) is 33.9 Å². The lowest BCUT2D eigenvalue weighted by atomic mass is 10.1. The third-order valence-electron chi connectivity index (χ3n) is 4.67. The molecule has 4 unspecified atom stereocenters. The van der Waals surface area contributed by atoms with Gasteiger partial charge in [0, 0.05) is 12.8 Å². The first-order chi connectivity index (χ1) is 15.9. The maximum absolute atomic E-state index is 12.5. The Morgan fingerprint density at radius 3 is 1.94 bits per heavy atom. The van der Waals surface area contributed by atoms with Crippen LogP contribution in [0.4, 0.5) is 0 Å². The summed E-state index contributed by atoms with van der Waals surface area (Å²) in [6.07, 6.45) is -1.48. The summed E-state index contributed by atoms with van der Waals surface area (Å²) in [5.41, 5.74) is 6.23. The predicted octanol–water partition coefficient (Wildman–Crippen LogP) is -1.55. The third kappa shape index (κ3) is 10.1. The molecule has 1 aromatic carbocycles. The molecule has 3 amide bonds. The number of benzene rings is 1. The van der Waals surface area contributed by atoms with E-state index in [0.29, 0.717) is 5.56 Å². The van der Waals surface area contributed by atoms with Crippen LogP contribution in [0.2, 0.25) is 0 Å². The molecule has 0 aliphatic heterocycles. The molecule has 4 atom stereocenters. The molecule has 0 fully saturated rings. The third-order valence-corrected chi connectivity index (χ3v) is 4.67. The number of rotatable bonds is 14. The lowest BCUT2D eigenvalue weighted by Gasteiger charge is -2.22. The Hall–Kier alpha value is -4.00. The molecule has 0 saturated carbocycles. The van der Waals surface area contributed by atoms with E-state index in [1.807, 2.05) is 0 Å². The summed E-state index contributed by atoms with van der Waals surface area (Å²) >= 11 is 0. The van der Waals surface area contributed by atoms with E-state index in [4.69, 9.17) is 15.9 Å². The first kappa shape index (κ1) is 28.0. The topological polar surface area (TPSA) is 225 Å². The monoisotopic (exact) mass is 480 g/mol. The van der Waals surface area contributed by atoms with Crippen LogP contribution in [-0.2, 0) is 35.2 Å². The van der Waals surface area contributed by atoms with E-state index >= 15 is 0 Å². The number of nitrogens with two attached hydrogens (primary N) is 1. The smallest absolute Gasteiger partial charge is 0.326 e. The summed E-state index contributed by atoms with van der Waals surface area (Å²) in [5.74, 6) is -6.69. The molecule has 8 N–H and O–H groups in total. The molecule has 0 spiro atoms. The van der Waals surface area contributed by atoms with E-state index in [-0.39, 0.29) is 12.8 Å². The van der Waals surface area contributed by atoms with E-state index in [2.05, 4.69) is 16.0 Å². The number of hydrogen-bond acceptors (Lipinski definition) is 7. The Balaban J connectivity index is 2.77. The van der Waals surface area contributed by atoms with Crippen molar-refractivity contribution in [3.05, 3.63) is 35.9 Å². The number of carbonyl (C=O) groups excluding carboxylic acids is 3. The summed E-state index contributed by atoms with van der Waals surface area (Å²) in [6, 6.07) is 3.11. The van der Waals surface area contributed by atoms with Gasteiger partial charge in [0.15, 0.2) is 0 Å². The Morgan fingerprint density at radius 2 is 1.41 bits per heavy atom. The first-order valence-corrected chi connectivity index (χ1v) is 10.3. The minimum Gasteiger partial charge on any atom is -0.481 e. The number of carbonyl (C=O) groups is 6. The Bertz CT molecular complexity index is 907. The fourth-order valence-electron chi connectivity index (χ4n) is 2.80. The van der Waals surface area contributed by atoms with Crippen LogP contribution in [-0.4, -0.2) is 75.1 Å². The molecule has 0 bridgehead atoms. The minimum atomic E-state index is -1.60. The van der Waals surface area contributed by atoms with Gasteiger partial charge in [0.25, 0.3) is 0 Å². The van der Waals surface area contributed by atoms with Crippen LogP contribution in [0.15, 0.2) is 30.3 Å². The summed E-state index contributed by atoms with van der Waals surface area (Å²) in [7, 11) is 0. The highest BCUT2D eigenvalue weighted by Crippen LogP contribution is 2.04. The molecule has 0 heterocycles. The van der Waals surface area contributed by atoms with Gasteiger partial charge in [-0.05, 0) is 18.9 Å². The summed E-state index contributed by atoms with van der Waals surface area (Å²) in [4.78, 5) is 70.3. The number of carboxylic acid groups (broad SMARTS) is 3. The molecule has 13 heteroatoms. The van der Waals surface area contributed by atoms with Gasteiger partial charge in [-0.2, -0.15) is 0 Å². The highest BCUT2D eigenvalue weighted by molar-refractivity contribution is 5.95. The maximum atomic E-state index is 12.5. The minimum absolute atomic E-state index is 0.00545. The van der Waals surface area contributed by atoms with Crippen LogP contribution < -0.4 is 21.7 Å². The van der Waals surface area contributed by atoms with Crippen molar-refractivity contribution in [1.82, 2.24) is 16.0 Å². The predicted molar refractivity (Wildman–Crippen MR) is 116 cm³/mol. The SMILES string of the molecule is CC(NC(=O)C(CC(=O)O)NC(=O)C(N)CCC(=O)O)C(=O)NC(Cc1ccccc1)C(=O)O. The van der Waals surface area contributed by atoms with Crippen molar-refractivity contribution >= 4 is 35.6 Å². The van der Waals surface area contributed by atoms with Crippen molar-refractivity contribution in [3.63, 3.8) is 0 Å². The van der Waals surface area contributed by atoms with Crippen LogP contribution in [0.5, 0.6) is 0 Å². The first-order valence-electron chi connectivity index (χ1n) is 10.3. The second kappa shape index (κ2) is 13.5. The van der Waals surface area contributed by atoms with Crippen molar-refractivity contribution < 1.29 is 44.1 Å². The summed E-state index contributed by atoms with van der Waals surface area (Å²) in [6.45, 7) is 1.26. The van der Waals surface area contributed by atoms with Gasteiger partial charge >= 0.3 is 17.9 Å². The molecule has 0 aliphatic rings. The number of carboxylic acids is 3. The van der Waals surface area contributed by atoms with Crippen molar-refractivity contribution in [1.29, 1.82) is 0 Å². The van der Waals surface area contributed by atoms with Gasteiger partial charge in [-0.3, -0.25) is 24.0 Å². The largest absolute Gasteiger partial charge is 0.481 e. The Labute approximate surface area is 194 Å². The Kier molecular flexibility index (Phi) is 11.2. The lowest BCUT2D eigenvalue weighted by Crippen LogP contribution is -2.56. The maximum Gasteiger partial charge on any atom is 0.326 e. The van der Waals surface area contributed by atoms with Gasteiger partial charge in [-0.15, -0.1) is 0 Å². The van der Waals surface area contributed by atoms with Crippen molar-refractivity contribution in [2.24, 2.45) is 5.73 Å². The number of hydrogen-bond donors (Lipinski definition) is 7. The van der Waals surface area contributed by atoms with Crippen molar-refractivity contribution in [2.75, 3.05) is 0 Å². The van der Waals surface area contributed by atoms with Crippen LogP contribution in [0.3, 0.4) is 0 Å². The van der Waals surface area contributed by atoms with Gasteiger partial charge in [0.05, 0.1) is 12.5 Å². The number of nitrogens with one attached hydrogen (secondary N) is 3. The molecule has 1 rings (SSSR count). The molecule has 1 aromatic rings.